The van der Waals surface area contributed by atoms with E-state index in [9.17, 15) is 19.2 Å². The van der Waals surface area contributed by atoms with Gasteiger partial charge in [0, 0.05) is 5.02 Å². The number of carbonyl (C=O) groups excluding carboxylic acids is 3. The maximum absolute atomic E-state index is 13.8. The fraction of sp³-hybridized carbons (Fsp3) is 0.214. The van der Waals surface area contributed by atoms with E-state index in [0.29, 0.717) is 26.8 Å². The topological polar surface area (TPSA) is 110 Å². The fourth-order valence-electron chi connectivity index (χ4n) is 4.59. The molecule has 3 heterocycles. The number of carbonyl (C=O) groups is 3. The molecule has 0 bridgehead atoms. The van der Waals surface area contributed by atoms with E-state index in [1.807, 2.05) is 31.2 Å². The lowest BCUT2D eigenvalue weighted by molar-refractivity contribution is -0.139. The minimum Gasteiger partial charge on any atom is -0.463 e. The first kappa shape index (κ1) is 27.6. The molecule has 1 saturated heterocycles. The third-order valence-corrected chi connectivity index (χ3v) is 8.05. The second kappa shape index (κ2) is 10.9. The minimum absolute atomic E-state index is 0.0718. The molecule has 2 aromatic carbocycles. The summed E-state index contributed by atoms with van der Waals surface area (Å²) in [5, 5.41) is 2.95. The zero-order valence-electron chi connectivity index (χ0n) is 21.6. The zero-order chi connectivity index (χ0) is 28.7. The summed E-state index contributed by atoms with van der Waals surface area (Å²) in [5.41, 5.74) is 2.31. The number of anilines is 1. The molecule has 1 N–H and O–H groups in total. The van der Waals surface area contributed by atoms with Gasteiger partial charge in [-0.25, -0.2) is 9.79 Å². The predicted molar refractivity (Wildman–Crippen MR) is 156 cm³/mol. The molecule has 40 heavy (non-hydrogen) atoms. The van der Waals surface area contributed by atoms with E-state index in [1.165, 1.54) is 15.5 Å². The molecule has 12 heteroatoms. The van der Waals surface area contributed by atoms with Crippen LogP contribution >= 0.6 is 35.2 Å². The van der Waals surface area contributed by atoms with Crippen molar-refractivity contribution < 1.29 is 19.1 Å². The number of hydrogen-bond acceptors (Lipinski definition) is 8. The van der Waals surface area contributed by atoms with Crippen molar-refractivity contribution in [2.75, 3.05) is 11.5 Å². The van der Waals surface area contributed by atoms with Gasteiger partial charge in [-0.05, 0) is 68.9 Å². The first-order valence-electron chi connectivity index (χ1n) is 12.3. The molecule has 0 radical (unpaired) electrons. The van der Waals surface area contributed by atoms with E-state index in [4.69, 9.17) is 28.6 Å². The molecule has 0 unspecified atom stereocenters. The lowest BCUT2D eigenvalue weighted by Gasteiger charge is -2.31. The number of thiazole rings is 1. The molecule has 5 rings (SSSR count). The summed E-state index contributed by atoms with van der Waals surface area (Å²) < 4.78 is 6.85. The number of allylic oxidation sites excluding steroid dienone is 1. The van der Waals surface area contributed by atoms with E-state index >= 15 is 0 Å². The van der Waals surface area contributed by atoms with E-state index in [0.717, 1.165) is 16.9 Å². The van der Waals surface area contributed by atoms with Crippen LogP contribution in [0.25, 0.3) is 6.08 Å². The van der Waals surface area contributed by atoms with Crippen LogP contribution in [0.2, 0.25) is 5.02 Å². The highest BCUT2D eigenvalue weighted by Crippen LogP contribution is 2.31. The van der Waals surface area contributed by atoms with Gasteiger partial charge in [0.1, 0.15) is 5.92 Å². The first-order valence-corrected chi connectivity index (χ1v) is 13.9. The smallest absolute Gasteiger partial charge is 0.338 e. The van der Waals surface area contributed by atoms with Crippen LogP contribution in [0.4, 0.5) is 5.69 Å². The van der Waals surface area contributed by atoms with Crippen molar-refractivity contribution in [2.24, 2.45) is 10.9 Å². The Kier molecular flexibility index (Phi) is 7.54. The highest BCUT2D eigenvalue weighted by molar-refractivity contribution is 7.80. The predicted octanol–water partition coefficient (Wildman–Crippen LogP) is 2.78. The largest absolute Gasteiger partial charge is 0.463 e. The number of ether oxygens (including phenoxy) is 1. The summed E-state index contributed by atoms with van der Waals surface area (Å²) in [7, 11) is 0. The number of amides is 2. The van der Waals surface area contributed by atoms with Gasteiger partial charge in [0.15, 0.2) is 9.91 Å². The van der Waals surface area contributed by atoms with Gasteiger partial charge in [0.05, 0.1) is 34.1 Å². The Morgan fingerprint density at radius 3 is 2.45 bits per heavy atom. The summed E-state index contributed by atoms with van der Waals surface area (Å²) in [5.74, 6) is -3.16. The van der Waals surface area contributed by atoms with Gasteiger partial charge in [-0.2, -0.15) is 0 Å². The normalized spacial score (nSPS) is 19.4. The van der Waals surface area contributed by atoms with Crippen LogP contribution in [0.3, 0.4) is 0 Å². The van der Waals surface area contributed by atoms with Gasteiger partial charge in [0.2, 0.25) is 11.8 Å². The average Bonchev–Trinajstić information content (AvgIpc) is 3.21. The lowest BCUT2D eigenvalue weighted by Crippen LogP contribution is -2.58. The third-order valence-electron chi connectivity index (χ3n) is 6.52. The van der Waals surface area contributed by atoms with Crippen molar-refractivity contribution in [1.29, 1.82) is 0 Å². The van der Waals surface area contributed by atoms with Crippen LogP contribution in [-0.4, -0.2) is 34.1 Å². The summed E-state index contributed by atoms with van der Waals surface area (Å²) in [4.78, 5) is 59.3. The number of halogens is 1. The maximum atomic E-state index is 13.8. The molecule has 1 fully saturated rings. The molecule has 2 aliphatic rings. The molecule has 204 valence electrons. The van der Waals surface area contributed by atoms with Crippen LogP contribution in [0.1, 0.15) is 31.0 Å². The van der Waals surface area contributed by atoms with Crippen LogP contribution < -0.4 is 25.1 Å². The quantitative estimate of drug-likeness (QED) is 0.276. The molecular formula is C28H23ClN4O5S2. The molecular weight excluding hydrogens is 572 g/mol. The average molecular weight is 595 g/mol. The Hall–Kier alpha value is -3.93. The Morgan fingerprint density at radius 2 is 1.80 bits per heavy atom. The number of rotatable bonds is 5. The Bertz CT molecular complexity index is 1770. The summed E-state index contributed by atoms with van der Waals surface area (Å²) >= 11 is 12.3. The van der Waals surface area contributed by atoms with Crippen molar-refractivity contribution in [2.45, 2.75) is 26.8 Å². The number of fused-ring (bicyclic) bond motifs is 1. The number of nitrogens with zero attached hydrogens (tertiary/aromatic N) is 3. The maximum Gasteiger partial charge on any atom is 0.338 e. The van der Waals surface area contributed by atoms with Crippen molar-refractivity contribution in [3.05, 3.63) is 95.6 Å². The SMILES string of the molecule is CCOC(=O)C1=C(C)N=c2s/c(=C/[C@H]3C(=O)NC(=S)N(c4ccc(Cl)cc4)C3=O)c(=O)n2[C@@H]1c1ccc(C)cc1. The highest BCUT2D eigenvalue weighted by atomic mass is 35.5. The monoisotopic (exact) mass is 594 g/mol. The van der Waals surface area contributed by atoms with Crippen LogP contribution in [0.15, 0.2) is 69.6 Å². The van der Waals surface area contributed by atoms with Gasteiger partial charge in [0.25, 0.3) is 5.56 Å². The zero-order valence-corrected chi connectivity index (χ0v) is 24.0. The van der Waals surface area contributed by atoms with Gasteiger partial charge in [-0.15, -0.1) is 0 Å². The third kappa shape index (κ3) is 4.91. The molecule has 2 aliphatic heterocycles. The number of thiocarbonyl (C=S) groups is 1. The standard InChI is InChI=1S/C28H23ClN4O5S2/c1-4-38-26(37)21-15(3)30-28-33(22(21)16-7-5-14(2)6-8-16)25(36)20(40-28)13-19-23(34)31-27(39)32(24(19)35)18-11-9-17(29)10-12-18/h5-13,19,22H,4H2,1-3H3,(H,31,34,39)/b20-13+/t19-,22+/m0/s1. The first-order chi connectivity index (χ1) is 19.1. The number of hydrogen-bond donors (Lipinski definition) is 1. The second-order valence-electron chi connectivity index (χ2n) is 9.16. The summed E-state index contributed by atoms with van der Waals surface area (Å²) in [6, 6.07) is 13.1. The van der Waals surface area contributed by atoms with Gasteiger partial charge >= 0.3 is 5.97 Å². The number of aryl methyl sites for hydroxylation is 1. The molecule has 2 atom stereocenters. The second-order valence-corrected chi connectivity index (χ2v) is 11.0. The molecule has 1 aromatic heterocycles. The number of nitrogens with one attached hydrogen (secondary N) is 1. The minimum atomic E-state index is -1.33. The Balaban J connectivity index is 1.64. The van der Waals surface area contributed by atoms with Crippen LogP contribution in [0.5, 0.6) is 0 Å². The van der Waals surface area contributed by atoms with Crippen molar-refractivity contribution >= 4 is 69.8 Å². The fourth-order valence-corrected chi connectivity index (χ4v) is 6.07. The highest BCUT2D eigenvalue weighted by Gasteiger charge is 2.39. The van der Waals surface area contributed by atoms with Crippen molar-refractivity contribution in [1.82, 2.24) is 9.88 Å². The Morgan fingerprint density at radius 1 is 1.12 bits per heavy atom. The lowest BCUT2D eigenvalue weighted by atomic mass is 9.95. The number of esters is 1. The van der Waals surface area contributed by atoms with Crippen LogP contribution in [0, 0.1) is 12.8 Å². The summed E-state index contributed by atoms with van der Waals surface area (Å²) in [6.07, 6.45) is 1.32. The number of aromatic nitrogens is 1. The van der Waals surface area contributed by atoms with E-state index in [2.05, 4.69) is 10.3 Å². The molecule has 0 spiro atoms. The van der Waals surface area contributed by atoms with E-state index < -0.39 is 35.3 Å². The number of benzene rings is 2. The van der Waals surface area contributed by atoms with Gasteiger partial charge in [-0.3, -0.25) is 23.9 Å². The van der Waals surface area contributed by atoms with Gasteiger partial charge < -0.3 is 10.1 Å². The van der Waals surface area contributed by atoms with Crippen LogP contribution in [-0.2, 0) is 19.1 Å². The molecule has 3 aromatic rings. The van der Waals surface area contributed by atoms with Crippen molar-refractivity contribution in [3.63, 3.8) is 0 Å². The molecule has 2 amide bonds. The molecule has 9 nitrogen and oxygen atoms in total. The van der Waals surface area contributed by atoms with E-state index in [-0.39, 0.29) is 21.8 Å². The molecule has 0 saturated carbocycles. The van der Waals surface area contributed by atoms with E-state index in [1.54, 1.807) is 38.1 Å². The summed E-state index contributed by atoms with van der Waals surface area (Å²) in [6.45, 7) is 5.49. The van der Waals surface area contributed by atoms with Crippen molar-refractivity contribution in [3.8, 4) is 0 Å². The van der Waals surface area contributed by atoms with Gasteiger partial charge in [-0.1, -0.05) is 52.8 Å². The molecule has 0 aliphatic carbocycles. The Labute approximate surface area is 243 Å².